The van der Waals surface area contributed by atoms with E-state index in [1.54, 1.807) is 11.8 Å². The number of carbonyl (C=O) groups excluding carboxylic acids is 2. The molecule has 1 saturated carbocycles. The maximum Gasteiger partial charge on any atom is 0.375 e. The number of hydrogen-bond acceptors (Lipinski definition) is 5. The van der Waals surface area contributed by atoms with Gasteiger partial charge in [0.15, 0.2) is 6.61 Å². The Hall–Kier alpha value is -1.95. The zero-order valence-corrected chi connectivity index (χ0v) is 16.1. The molecule has 2 unspecified atom stereocenters. The highest BCUT2D eigenvalue weighted by molar-refractivity contribution is 7.97. The number of furan rings is 1. The van der Waals surface area contributed by atoms with Crippen molar-refractivity contribution in [1.82, 2.24) is 5.32 Å². The van der Waals surface area contributed by atoms with Crippen LogP contribution >= 0.6 is 11.8 Å². The van der Waals surface area contributed by atoms with Crippen molar-refractivity contribution in [2.24, 2.45) is 5.92 Å². The van der Waals surface area contributed by atoms with Crippen LogP contribution in [0.5, 0.6) is 0 Å². The molecule has 3 rings (SSSR count). The van der Waals surface area contributed by atoms with Crippen molar-refractivity contribution in [3.63, 3.8) is 0 Å². The van der Waals surface area contributed by atoms with Crippen molar-refractivity contribution in [1.29, 1.82) is 0 Å². The highest BCUT2D eigenvalue weighted by atomic mass is 32.2. The monoisotopic (exact) mass is 375 g/mol. The molecule has 1 aromatic carbocycles. The Morgan fingerprint density at radius 1 is 1.27 bits per heavy atom. The first-order valence-corrected chi connectivity index (χ1v) is 10.5. The molecule has 0 bridgehead atoms. The molecule has 1 fully saturated rings. The Balaban J connectivity index is 1.63. The lowest BCUT2D eigenvalue weighted by Gasteiger charge is -2.29. The number of benzene rings is 1. The van der Waals surface area contributed by atoms with Gasteiger partial charge in [0.2, 0.25) is 5.76 Å². The minimum atomic E-state index is -0.586. The van der Waals surface area contributed by atoms with Crippen LogP contribution in [0.2, 0.25) is 0 Å². The van der Waals surface area contributed by atoms with Crippen molar-refractivity contribution in [3.05, 3.63) is 35.6 Å². The Bertz CT molecular complexity index is 785. The van der Waals surface area contributed by atoms with Gasteiger partial charge in [0.1, 0.15) is 5.58 Å². The number of rotatable bonds is 6. The molecule has 26 heavy (non-hydrogen) atoms. The van der Waals surface area contributed by atoms with Gasteiger partial charge in [-0.3, -0.25) is 4.79 Å². The van der Waals surface area contributed by atoms with Gasteiger partial charge < -0.3 is 14.5 Å². The fraction of sp³-hybridized carbons (Fsp3) is 0.500. The molecule has 0 radical (unpaired) electrons. The maximum absolute atomic E-state index is 12.5. The van der Waals surface area contributed by atoms with E-state index >= 15 is 0 Å². The number of carbonyl (C=O) groups is 2. The molecule has 0 spiro atoms. The molecule has 0 saturated heterocycles. The number of ether oxygens (including phenoxy) is 1. The van der Waals surface area contributed by atoms with Gasteiger partial charge >= 0.3 is 5.97 Å². The number of hydrogen-bond donors (Lipinski definition) is 1. The number of thioether (sulfide) groups is 1. The Morgan fingerprint density at radius 2 is 2.04 bits per heavy atom. The molecule has 5 nitrogen and oxygen atoms in total. The lowest BCUT2D eigenvalue weighted by atomic mass is 9.86. The molecule has 2 aromatic rings. The van der Waals surface area contributed by atoms with Gasteiger partial charge in [-0.2, -0.15) is 11.8 Å². The van der Waals surface area contributed by atoms with Crippen LogP contribution in [0.3, 0.4) is 0 Å². The minimum Gasteiger partial charge on any atom is -0.450 e. The van der Waals surface area contributed by atoms with E-state index in [4.69, 9.17) is 9.15 Å². The van der Waals surface area contributed by atoms with E-state index in [9.17, 15) is 9.59 Å². The van der Waals surface area contributed by atoms with Crippen LogP contribution in [0.15, 0.2) is 28.7 Å². The van der Waals surface area contributed by atoms with Gasteiger partial charge in [-0.05, 0) is 31.1 Å². The zero-order chi connectivity index (χ0) is 18.5. The highest BCUT2D eigenvalue weighted by Gasteiger charge is 2.25. The van der Waals surface area contributed by atoms with Gasteiger partial charge in [-0.1, -0.05) is 38.0 Å². The van der Waals surface area contributed by atoms with Gasteiger partial charge in [0.25, 0.3) is 5.91 Å². The normalized spacial score (nSPS) is 20.1. The molecular weight excluding hydrogens is 350 g/mol. The van der Waals surface area contributed by atoms with E-state index in [1.165, 1.54) is 6.42 Å². The lowest BCUT2D eigenvalue weighted by molar-refractivity contribution is -0.125. The average Bonchev–Trinajstić information content (AvgIpc) is 3.01. The standard InChI is InChI=1S/C20H25NO4S/c1-13-7-3-5-9-16(13)21-18(22)11-24-20(23)19-15(12-26-2)14-8-4-6-10-17(14)25-19/h4,6,8,10,13,16H,3,5,7,9,11-12H2,1-2H3,(H,21,22). The molecule has 1 aliphatic carbocycles. The number of nitrogens with one attached hydrogen (secondary N) is 1. The van der Waals surface area contributed by atoms with E-state index in [1.807, 2.05) is 30.5 Å². The Labute approximate surface area is 157 Å². The summed E-state index contributed by atoms with van der Waals surface area (Å²) in [5.74, 6) is 0.468. The van der Waals surface area contributed by atoms with Crippen molar-refractivity contribution in [2.75, 3.05) is 12.9 Å². The second-order valence-electron chi connectivity index (χ2n) is 6.85. The molecule has 1 aliphatic rings. The highest BCUT2D eigenvalue weighted by Crippen LogP contribution is 2.29. The molecule has 1 amide bonds. The lowest BCUT2D eigenvalue weighted by Crippen LogP contribution is -2.42. The summed E-state index contributed by atoms with van der Waals surface area (Å²) in [6.45, 7) is 1.87. The molecule has 2 atom stereocenters. The molecule has 1 aromatic heterocycles. The molecule has 140 valence electrons. The van der Waals surface area contributed by atoms with E-state index in [0.29, 0.717) is 17.3 Å². The Morgan fingerprint density at radius 3 is 2.81 bits per heavy atom. The summed E-state index contributed by atoms with van der Waals surface area (Å²) in [6.07, 6.45) is 6.43. The maximum atomic E-state index is 12.5. The van der Waals surface area contributed by atoms with Gasteiger partial charge in [-0.15, -0.1) is 0 Å². The molecule has 6 heteroatoms. The van der Waals surface area contributed by atoms with Crippen LogP contribution in [-0.4, -0.2) is 30.8 Å². The van der Waals surface area contributed by atoms with Crippen molar-refractivity contribution in [2.45, 2.75) is 44.4 Å². The third-order valence-corrected chi connectivity index (χ3v) is 5.54. The largest absolute Gasteiger partial charge is 0.450 e. The first-order valence-electron chi connectivity index (χ1n) is 9.06. The van der Waals surface area contributed by atoms with Gasteiger partial charge in [0, 0.05) is 22.7 Å². The third kappa shape index (κ3) is 4.23. The predicted molar refractivity (Wildman–Crippen MR) is 103 cm³/mol. The second-order valence-corrected chi connectivity index (χ2v) is 7.72. The number of amides is 1. The van der Waals surface area contributed by atoms with Crippen LogP contribution in [-0.2, 0) is 15.3 Å². The fourth-order valence-corrected chi connectivity index (χ4v) is 4.10. The van der Waals surface area contributed by atoms with Crippen molar-refractivity contribution in [3.8, 4) is 0 Å². The van der Waals surface area contributed by atoms with E-state index in [-0.39, 0.29) is 24.3 Å². The Kier molecular flexibility index (Phi) is 6.25. The van der Waals surface area contributed by atoms with E-state index in [0.717, 1.165) is 30.2 Å². The summed E-state index contributed by atoms with van der Waals surface area (Å²) in [4.78, 5) is 24.6. The summed E-state index contributed by atoms with van der Waals surface area (Å²) in [5.41, 5.74) is 1.48. The average molecular weight is 375 g/mol. The summed E-state index contributed by atoms with van der Waals surface area (Å²) < 4.78 is 10.9. The number of fused-ring (bicyclic) bond motifs is 1. The zero-order valence-electron chi connectivity index (χ0n) is 15.2. The van der Waals surface area contributed by atoms with E-state index in [2.05, 4.69) is 12.2 Å². The number of para-hydroxylation sites is 1. The quantitative estimate of drug-likeness (QED) is 0.768. The molecule has 0 aliphatic heterocycles. The van der Waals surface area contributed by atoms with Gasteiger partial charge in [0.05, 0.1) is 0 Å². The summed E-state index contributed by atoms with van der Waals surface area (Å²) in [5, 5.41) is 3.90. The van der Waals surface area contributed by atoms with Crippen molar-refractivity contribution < 1.29 is 18.7 Å². The van der Waals surface area contributed by atoms with Gasteiger partial charge in [-0.25, -0.2) is 4.79 Å². The SMILES string of the molecule is CSCc1c(C(=O)OCC(=O)NC2CCCCC2C)oc2ccccc12. The molecule has 1 N–H and O–H groups in total. The second kappa shape index (κ2) is 8.62. The van der Waals surface area contributed by atoms with Crippen LogP contribution < -0.4 is 5.32 Å². The minimum absolute atomic E-state index is 0.174. The fourth-order valence-electron chi connectivity index (χ4n) is 3.53. The molecule has 1 heterocycles. The first-order chi connectivity index (χ1) is 12.6. The van der Waals surface area contributed by atoms with Crippen LogP contribution in [0.25, 0.3) is 11.0 Å². The topological polar surface area (TPSA) is 68.5 Å². The van der Waals surface area contributed by atoms with Crippen LogP contribution in [0, 0.1) is 5.92 Å². The molecular formula is C20H25NO4S. The summed E-state index contributed by atoms with van der Waals surface area (Å²) in [7, 11) is 0. The number of esters is 1. The van der Waals surface area contributed by atoms with E-state index < -0.39 is 5.97 Å². The smallest absolute Gasteiger partial charge is 0.375 e. The summed E-state index contributed by atoms with van der Waals surface area (Å²) >= 11 is 1.61. The van der Waals surface area contributed by atoms with Crippen LogP contribution in [0.1, 0.15) is 48.7 Å². The summed E-state index contributed by atoms with van der Waals surface area (Å²) in [6, 6.07) is 7.71. The first kappa shape index (κ1) is 18.8. The third-order valence-electron chi connectivity index (χ3n) is 4.96. The predicted octanol–water partition coefficient (Wildman–Crippen LogP) is 4.15. The van der Waals surface area contributed by atoms with Crippen LogP contribution in [0.4, 0.5) is 0 Å². The van der Waals surface area contributed by atoms with Crippen molar-refractivity contribution >= 4 is 34.6 Å².